The second-order valence-electron chi connectivity index (χ2n) is 9.50. The van der Waals surface area contributed by atoms with Crippen molar-refractivity contribution in [1.29, 1.82) is 0 Å². The molecule has 6 heteroatoms. The first kappa shape index (κ1) is 22.8. The van der Waals surface area contributed by atoms with Crippen molar-refractivity contribution in [2.75, 3.05) is 36.4 Å². The van der Waals surface area contributed by atoms with Crippen molar-refractivity contribution in [3.63, 3.8) is 0 Å². The number of rotatable bonds is 6. The van der Waals surface area contributed by atoms with E-state index in [1.165, 1.54) is 0 Å². The van der Waals surface area contributed by atoms with E-state index in [4.69, 9.17) is 0 Å². The third kappa shape index (κ3) is 5.34. The number of piperazine rings is 1. The van der Waals surface area contributed by atoms with Crippen LogP contribution in [0.15, 0.2) is 78.9 Å². The maximum Gasteiger partial charge on any atom is 0.292 e. The standard InChI is InChI=1S/C27H32N4O2/c1-27(2,3)30-18-16-29(17-19-30)23-14-15-25(31(32)33)24(20-23)28-26(21-10-6-4-7-11-21)22-12-8-5-9-13-22/h4-15,20,26,28H,16-19H2,1-3H3. The van der Waals surface area contributed by atoms with Gasteiger partial charge < -0.3 is 10.2 Å². The molecule has 0 radical (unpaired) electrons. The van der Waals surface area contributed by atoms with E-state index >= 15 is 0 Å². The van der Waals surface area contributed by atoms with Gasteiger partial charge in [0, 0.05) is 43.5 Å². The first-order valence-corrected chi connectivity index (χ1v) is 11.5. The topological polar surface area (TPSA) is 61.7 Å². The second kappa shape index (κ2) is 9.63. The van der Waals surface area contributed by atoms with Gasteiger partial charge in [-0.25, -0.2) is 0 Å². The van der Waals surface area contributed by atoms with Crippen LogP contribution in [0, 0.1) is 10.1 Å². The summed E-state index contributed by atoms with van der Waals surface area (Å²) in [6.45, 7) is 10.5. The molecule has 0 aromatic heterocycles. The molecule has 0 saturated carbocycles. The Labute approximate surface area is 196 Å². The van der Waals surface area contributed by atoms with E-state index in [9.17, 15) is 10.1 Å². The number of nitrogens with one attached hydrogen (secondary N) is 1. The molecule has 1 fully saturated rings. The van der Waals surface area contributed by atoms with Crippen LogP contribution in [0.3, 0.4) is 0 Å². The highest BCUT2D eigenvalue weighted by molar-refractivity contribution is 5.70. The van der Waals surface area contributed by atoms with E-state index < -0.39 is 0 Å². The molecule has 0 aliphatic carbocycles. The summed E-state index contributed by atoms with van der Waals surface area (Å²) in [5, 5.41) is 15.4. The molecule has 33 heavy (non-hydrogen) atoms. The number of hydrogen-bond donors (Lipinski definition) is 1. The van der Waals surface area contributed by atoms with Crippen molar-refractivity contribution in [2.24, 2.45) is 0 Å². The van der Waals surface area contributed by atoms with Gasteiger partial charge >= 0.3 is 0 Å². The smallest absolute Gasteiger partial charge is 0.292 e. The molecule has 1 aliphatic heterocycles. The van der Waals surface area contributed by atoms with Crippen LogP contribution in [0.2, 0.25) is 0 Å². The maximum absolute atomic E-state index is 11.9. The highest BCUT2D eigenvalue weighted by atomic mass is 16.6. The van der Waals surface area contributed by atoms with Crippen LogP contribution in [-0.2, 0) is 0 Å². The van der Waals surface area contributed by atoms with Crippen LogP contribution in [0.25, 0.3) is 0 Å². The van der Waals surface area contributed by atoms with Gasteiger partial charge in [0.2, 0.25) is 0 Å². The molecule has 1 saturated heterocycles. The zero-order chi connectivity index (χ0) is 23.4. The molecule has 0 amide bonds. The summed E-state index contributed by atoms with van der Waals surface area (Å²) in [5.74, 6) is 0. The van der Waals surface area contributed by atoms with Gasteiger partial charge in [-0.15, -0.1) is 0 Å². The lowest BCUT2D eigenvalue weighted by atomic mass is 9.98. The molecule has 4 rings (SSSR count). The van der Waals surface area contributed by atoms with Gasteiger partial charge in [-0.2, -0.15) is 0 Å². The van der Waals surface area contributed by atoms with Gasteiger partial charge in [0.25, 0.3) is 5.69 Å². The first-order chi connectivity index (χ1) is 15.8. The predicted molar refractivity (Wildman–Crippen MR) is 135 cm³/mol. The first-order valence-electron chi connectivity index (χ1n) is 11.5. The molecule has 172 valence electrons. The van der Waals surface area contributed by atoms with Crippen LogP contribution in [0.5, 0.6) is 0 Å². The lowest BCUT2D eigenvalue weighted by molar-refractivity contribution is -0.384. The van der Waals surface area contributed by atoms with Crippen molar-refractivity contribution < 1.29 is 4.92 Å². The summed E-state index contributed by atoms with van der Waals surface area (Å²) in [7, 11) is 0. The largest absolute Gasteiger partial charge is 0.369 e. The van der Waals surface area contributed by atoms with E-state index in [0.29, 0.717) is 5.69 Å². The summed E-state index contributed by atoms with van der Waals surface area (Å²) in [4.78, 5) is 16.4. The number of benzene rings is 3. The van der Waals surface area contributed by atoms with Gasteiger partial charge in [-0.1, -0.05) is 60.7 Å². The Morgan fingerprint density at radius 2 is 1.39 bits per heavy atom. The van der Waals surface area contributed by atoms with Crippen molar-refractivity contribution in [3.8, 4) is 0 Å². The number of nitrogens with zero attached hydrogens (tertiary/aromatic N) is 3. The molecular formula is C27H32N4O2. The molecule has 1 heterocycles. The molecule has 0 unspecified atom stereocenters. The second-order valence-corrected chi connectivity index (χ2v) is 9.50. The average molecular weight is 445 g/mol. The molecule has 3 aromatic rings. The number of anilines is 2. The SMILES string of the molecule is CC(C)(C)N1CCN(c2ccc([N+](=O)[O-])c(NC(c3ccccc3)c3ccccc3)c2)CC1. The zero-order valence-electron chi connectivity index (χ0n) is 19.6. The third-order valence-electron chi connectivity index (χ3n) is 6.34. The Morgan fingerprint density at radius 3 is 1.88 bits per heavy atom. The molecule has 1 aliphatic rings. The van der Waals surface area contributed by atoms with Crippen molar-refractivity contribution in [3.05, 3.63) is 100 Å². The van der Waals surface area contributed by atoms with Gasteiger partial charge in [-0.3, -0.25) is 15.0 Å². The van der Waals surface area contributed by atoms with Gasteiger partial charge in [-0.05, 0) is 44.0 Å². The summed E-state index contributed by atoms with van der Waals surface area (Å²) < 4.78 is 0. The third-order valence-corrected chi connectivity index (χ3v) is 6.34. The monoisotopic (exact) mass is 444 g/mol. The fraction of sp³-hybridized carbons (Fsp3) is 0.333. The Morgan fingerprint density at radius 1 is 0.848 bits per heavy atom. The molecule has 0 bridgehead atoms. The summed E-state index contributed by atoms with van der Waals surface area (Å²) in [6, 6.07) is 25.4. The van der Waals surface area contributed by atoms with E-state index in [2.05, 4.69) is 35.9 Å². The minimum atomic E-state index is -0.309. The van der Waals surface area contributed by atoms with Crippen LogP contribution in [0.1, 0.15) is 37.9 Å². The Hall–Kier alpha value is -3.38. The molecule has 3 aromatic carbocycles. The van der Waals surface area contributed by atoms with Crippen molar-refractivity contribution in [2.45, 2.75) is 32.4 Å². The van der Waals surface area contributed by atoms with Crippen molar-refractivity contribution in [1.82, 2.24) is 4.90 Å². The van der Waals surface area contributed by atoms with Gasteiger partial charge in [0.1, 0.15) is 5.69 Å². The predicted octanol–water partition coefficient (Wildman–Crippen LogP) is 5.72. The van der Waals surface area contributed by atoms with E-state index in [1.54, 1.807) is 6.07 Å². The lowest BCUT2D eigenvalue weighted by Gasteiger charge is -2.43. The molecule has 0 spiro atoms. The summed E-state index contributed by atoms with van der Waals surface area (Å²) >= 11 is 0. The number of hydrogen-bond acceptors (Lipinski definition) is 5. The van der Waals surface area contributed by atoms with Crippen LogP contribution < -0.4 is 10.2 Å². The average Bonchev–Trinajstić information content (AvgIpc) is 2.83. The highest BCUT2D eigenvalue weighted by Gasteiger charge is 2.27. The molecule has 1 N–H and O–H groups in total. The Bertz CT molecular complexity index is 1030. The highest BCUT2D eigenvalue weighted by Crippen LogP contribution is 2.35. The molecule has 0 atom stereocenters. The minimum absolute atomic E-state index is 0.0870. The van der Waals surface area contributed by atoms with E-state index in [-0.39, 0.29) is 22.2 Å². The number of nitro groups is 1. The fourth-order valence-corrected chi connectivity index (χ4v) is 4.44. The summed E-state index contributed by atoms with van der Waals surface area (Å²) in [6.07, 6.45) is 0. The van der Waals surface area contributed by atoms with Gasteiger partial charge in [0.15, 0.2) is 0 Å². The lowest BCUT2D eigenvalue weighted by Crippen LogP contribution is -2.53. The quantitative estimate of drug-likeness (QED) is 0.389. The van der Waals surface area contributed by atoms with Crippen LogP contribution in [-0.4, -0.2) is 41.5 Å². The fourth-order valence-electron chi connectivity index (χ4n) is 4.44. The van der Waals surface area contributed by atoms with Crippen molar-refractivity contribution >= 4 is 17.1 Å². The van der Waals surface area contributed by atoms with Crippen LogP contribution in [0.4, 0.5) is 17.1 Å². The molecular weight excluding hydrogens is 412 g/mol. The van der Waals surface area contributed by atoms with Crippen LogP contribution >= 0.6 is 0 Å². The number of nitro benzene ring substituents is 1. The Kier molecular flexibility index (Phi) is 6.65. The minimum Gasteiger partial charge on any atom is -0.369 e. The molecule has 6 nitrogen and oxygen atoms in total. The zero-order valence-corrected chi connectivity index (χ0v) is 19.6. The maximum atomic E-state index is 11.9. The normalized spacial score (nSPS) is 15.0. The Balaban J connectivity index is 1.65. The van der Waals surface area contributed by atoms with E-state index in [0.717, 1.165) is 43.0 Å². The van der Waals surface area contributed by atoms with E-state index in [1.807, 2.05) is 72.8 Å². The van der Waals surface area contributed by atoms with Gasteiger partial charge in [0.05, 0.1) is 11.0 Å². The summed E-state index contributed by atoms with van der Waals surface area (Å²) in [5.41, 5.74) is 3.89.